The van der Waals surface area contributed by atoms with E-state index in [0.717, 1.165) is 18.2 Å². The number of nitrogens with one attached hydrogen (secondary N) is 1. The Morgan fingerprint density at radius 1 is 1.33 bits per heavy atom. The van der Waals surface area contributed by atoms with Crippen LogP contribution in [0.25, 0.3) is 0 Å². The number of benzene rings is 1. The summed E-state index contributed by atoms with van der Waals surface area (Å²) in [6, 6.07) is 4.46. The van der Waals surface area contributed by atoms with Crippen LogP contribution in [0.2, 0.25) is 0 Å². The molecule has 0 aromatic heterocycles. The van der Waals surface area contributed by atoms with Crippen LogP contribution in [0, 0.1) is 12.8 Å². The average molecular weight is 312 g/mol. The summed E-state index contributed by atoms with van der Waals surface area (Å²) in [7, 11) is -3.33. The highest BCUT2D eigenvalue weighted by Gasteiger charge is 2.17. The molecule has 0 bridgehead atoms. The molecule has 6 heteroatoms. The van der Waals surface area contributed by atoms with Crippen molar-refractivity contribution in [2.45, 2.75) is 38.1 Å². The first-order valence-corrected chi connectivity index (χ1v) is 8.86. The first-order valence-electron chi connectivity index (χ1n) is 6.96. The molecule has 1 aromatic carbocycles. The minimum absolute atomic E-state index is 0.112. The number of aryl methyl sites for hydroxylation is 1. The maximum Gasteiger partial charge on any atom is 0.251 e. The van der Waals surface area contributed by atoms with Gasteiger partial charge >= 0.3 is 0 Å². The molecule has 1 rings (SSSR count). The van der Waals surface area contributed by atoms with E-state index in [4.69, 9.17) is 5.73 Å². The van der Waals surface area contributed by atoms with E-state index in [2.05, 4.69) is 19.2 Å². The maximum absolute atomic E-state index is 12.3. The van der Waals surface area contributed by atoms with E-state index in [9.17, 15) is 13.2 Å². The zero-order valence-corrected chi connectivity index (χ0v) is 13.8. The molecule has 21 heavy (non-hydrogen) atoms. The molecule has 0 spiro atoms. The lowest BCUT2D eigenvalue weighted by atomic mass is 10.0. The van der Waals surface area contributed by atoms with Crippen LogP contribution in [0.15, 0.2) is 23.1 Å². The molecule has 1 amide bonds. The van der Waals surface area contributed by atoms with Gasteiger partial charge in [0.15, 0.2) is 9.84 Å². The third-order valence-corrected chi connectivity index (χ3v) is 4.37. The van der Waals surface area contributed by atoms with Crippen molar-refractivity contribution >= 4 is 15.7 Å². The van der Waals surface area contributed by atoms with Crippen LogP contribution in [-0.2, 0) is 9.84 Å². The number of carbonyl (C=O) groups excluding carboxylic acids is 1. The lowest BCUT2D eigenvalue weighted by Crippen LogP contribution is -2.41. The normalized spacial score (nSPS) is 13.2. The Balaban J connectivity index is 3.01. The average Bonchev–Trinajstić information content (AvgIpc) is 2.36. The first kappa shape index (κ1) is 17.7. The van der Waals surface area contributed by atoms with Crippen LogP contribution in [0.1, 0.15) is 36.2 Å². The fraction of sp³-hybridized carbons (Fsp3) is 0.533. The fourth-order valence-electron chi connectivity index (χ4n) is 2.12. The zero-order chi connectivity index (χ0) is 16.2. The molecule has 0 fully saturated rings. The molecule has 118 valence electrons. The second-order valence-corrected chi connectivity index (χ2v) is 7.80. The van der Waals surface area contributed by atoms with Gasteiger partial charge in [0.25, 0.3) is 5.91 Å². The minimum Gasteiger partial charge on any atom is -0.348 e. The lowest BCUT2D eigenvalue weighted by molar-refractivity contribution is 0.0933. The number of sulfone groups is 1. The van der Waals surface area contributed by atoms with Crippen molar-refractivity contribution in [2.24, 2.45) is 11.7 Å². The summed E-state index contributed by atoms with van der Waals surface area (Å²) in [5.74, 6) is 0.136. The van der Waals surface area contributed by atoms with Gasteiger partial charge in [0.1, 0.15) is 0 Å². The number of amides is 1. The van der Waals surface area contributed by atoms with E-state index in [1.54, 1.807) is 13.0 Å². The Labute approximate surface area is 126 Å². The molecule has 3 N–H and O–H groups in total. The summed E-state index contributed by atoms with van der Waals surface area (Å²) in [5.41, 5.74) is 6.79. The molecule has 0 aliphatic rings. The molecule has 5 nitrogen and oxygen atoms in total. The molecule has 0 heterocycles. The van der Waals surface area contributed by atoms with Gasteiger partial charge in [-0.05, 0) is 37.0 Å². The third-order valence-electron chi connectivity index (χ3n) is 3.26. The van der Waals surface area contributed by atoms with Gasteiger partial charge in [-0.15, -0.1) is 0 Å². The van der Waals surface area contributed by atoms with Crippen molar-refractivity contribution in [1.29, 1.82) is 0 Å². The Morgan fingerprint density at radius 2 is 1.95 bits per heavy atom. The molecule has 0 aliphatic carbocycles. The van der Waals surface area contributed by atoms with Crippen LogP contribution in [0.5, 0.6) is 0 Å². The zero-order valence-electron chi connectivity index (χ0n) is 13.0. The van der Waals surface area contributed by atoms with E-state index in [1.807, 2.05) is 0 Å². The lowest BCUT2D eigenvalue weighted by Gasteiger charge is -2.19. The second-order valence-electron chi connectivity index (χ2n) is 5.78. The van der Waals surface area contributed by atoms with E-state index in [1.165, 1.54) is 12.1 Å². The standard InChI is InChI=1S/C15H24N2O3S/c1-10(2)7-12(9-16)17-15(18)14-8-13(21(4,19)20)6-5-11(14)3/h5-6,8,10,12H,7,9,16H2,1-4H3,(H,17,18). The second kappa shape index (κ2) is 7.04. The van der Waals surface area contributed by atoms with Gasteiger partial charge in [-0.3, -0.25) is 4.79 Å². The van der Waals surface area contributed by atoms with Crippen molar-refractivity contribution in [3.8, 4) is 0 Å². The van der Waals surface area contributed by atoms with Crippen LogP contribution < -0.4 is 11.1 Å². The Morgan fingerprint density at radius 3 is 2.43 bits per heavy atom. The number of nitrogens with two attached hydrogens (primary N) is 1. The number of carbonyl (C=O) groups is 1. The predicted octanol–water partition coefficient (Wildman–Crippen LogP) is 1.50. The van der Waals surface area contributed by atoms with E-state index < -0.39 is 9.84 Å². The fourth-order valence-corrected chi connectivity index (χ4v) is 2.77. The molecular weight excluding hydrogens is 288 g/mol. The quantitative estimate of drug-likeness (QED) is 0.833. The number of hydrogen-bond acceptors (Lipinski definition) is 4. The van der Waals surface area contributed by atoms with Gasteiger partial charge in [0, 0.05) is 24.4 Å². The van der Waals surface area contributed by atoms with Crippen LogP contribution >= 0.6 is 0 Å². The molecule has 0 radical (unpaired) electrons. The van der Waals surface area contributed by atoms with Gasteiger partial charge in [-0.25, -0.2) is 8.42 Å². The highest BCUT2D eigenvalue weighted by molar-refractivity contribution is 7.90. The van der Waals surface area contributed by atoms with Crippen LogP contribution in [0.3, 0.4) is 0 Å². The summed E-state index contributed by atoms with van der Waals surface area (Å²) in [6.07, 6.45) is 1.91. The predicted molar refractivity (Wildman–Crippen MR) is 84.1 cm³/mol. The van der Waals surface area contributed by atoms with Gasteiger partial charge in [-0.1, -0.05) is 19.9 Å². The molecule has 0 aliphatic heterocycles. The Kier molecular flexibility index (Phi) is 5.92. The molecule has 1 unspecified atom stereocenters. The van der Waals surface area contributed by atoms with E-state index >= 15 is 0 Å². The Hall–Kier alpha value is -1.40. The largest absolute Gasteiger partial charge is 0.348 e. The summed E-state index contributed by atoms with van der Waals surface area (Å²) in [5, 5.41) is 2.88. The summed E-state index contributed by atoms with van der Waals surface area (Å²) in [4.78, 5) is 12.5. The van der Waals surface area contributed by atoms with Gasteiger partial charge < -0.3 is 11.1 Å². The summed E-state index contributed by atoms with van der Waals surface area (Å²) < 4.78 is 23.2. The van der Waals surface area contributed by atoms with Gasteiger partial charge in [0.05, 0.1) is 4.90 Å². The van der Waals surface area contributed by atoms with Crippen molar-refractivity contribution < 1.29 is 13.2 Å². The number of rotatable bonds is 6. The van der Waals surface area contributed by atoms with Crippen molar-refractivity contribution in [2.75, 3.05) is 12.8 Å². The van der Waals surface area contributed by atoms with Crippen LogP contribution in [0.4, 0.5) is 0 Å². The molecule has 0 saturated heterocycles. The number of hydrogen-bond donors (Lipinski definition) is 2. The van der Waals surface area contributed by atoms with Crippen molar-refractivity contribution in [1.82, 2.24) is 5.32 Å². The smallest absolute Gasteiger partial charge is 0.251 e. The molecule has 1 atom stereocenters. The third kappa shape index (κ3) is 5.13. The van der Waals surface area contributed by atoms with E-state index in [-0.39, 0.29) is 16.8 Å². The highest BCUT2D eigenvalue weighted by Crippen LogP contribution is 2.16. The SMILES string of the molecule is Cc1ccc(S(C)(=O)=O)cc1C(=O)NC(CN)CC(C)C. The maximum atomic E-state index is 12.3. The van der Waals surface area contributed by atoms with Crippen molar-refractivity contribution in [3.05, 3.63) is 29.3 Å². The molecule has 1 aromatic rings. The monoisotopic (exact) mass is 312 g/mol. The van der Waals surface area contributed by atoms with E-state index in [0.29, 0.717) is 18.0 Å². The molecular formula is C15H24N2O3S. The van der Waals surface area contributed by atoms with Crippen molar-refractivity contribution in [3.63, 3.8) is 0 Å². The topological polar surface area (TPSA) is 89.3 Å². The molecule has 0 saturated carbocycles. The first-order chi connectivity index (χ1) is 9.65. The minimum atomic E-state index is -3.33. The highest BCUT2D eigenvalue weighted by atomic mass is 32.2. The van der Waals surface area contributed by atoms with Crippen LogP contribution in [-0.4, -0.2) is 33.2 Å². The van der Waals surface area contributed by atoms with Gasteiger partial charge in [-0.2, -0.15) is 0 Å². The van der Waals surface area contributed by atoms with Gasteiger partial charge in [0.2, 0.25) is 0 Å². The summed E-state index contributed by atoms with van der Waals surface area (Å²) in [6.45, 7) is 6.25. The summed E-state index contributed by atoms with van der Waals surface area (Å²) >= 11 is 0. The Bertz CT molecular complexity index is 609.